The molecule has 0 radical (unpaired) electrons. The van der Waals surface area contributed by atoms with Crippen molar-refractivity contribution in [2.45, 2.75) is 32.3 Å². The van der Waals surface area contributed by atoms with Gasteiger partial charge in [-0.05, 0) is 43.2 Å². The van der Waals surface area contributed by atoms with E-state index in [1.807, 2.05) is 24.3 Å². The van der Waals surface area contributed by atoms with Crippen LogP contribution in [-0.2, 0) is 6.61 Å². The Balaban J connectivity index is 1.69. The van der Waals surface area contributed by atoms with E-state index in [2.05, 4.69) is 15.2 Å². The zero-order valence-corrected chi connectivity index (χ0v) is 13.7. The lowest BCUT2D eigenvalue weighted by Gasteiger charge is -2.22. The van der Waals surface area contributed by atoms with Gasteiger partial charge in [0.15, 0.2) is 0 Å². The Hall–Kier alpha value is -2.40. The maximum absolute atomic E-state index is 12.4. The molecule has 0 saturated carbocycles. The minimum absolute atomic E-state index is 0.133. The van der Waals surface area contributed by atoms with Gasteiger partial charge in [0.2, 0.25) is 0 Å². The van der Waals surface area contributed by atoms with E-state index in [0.717, 1.165) is 13.1 Å². The summed E-state index contributed by atoms with van der Waals surface area (Å²) in [6.07, 6.45) is 8.21. The highest BCUT2D eigenvalue weighted by atomic mass is 16.3. The van der Waals surface area contributed by atoms with Gasteiger partial charge in [0, 0.05) is 36.1 Å². The van der Waals surface area contributed by atoms with Crippen LogP contribution in [0.4, 0.5) is 11.4 Å². The number of nitrogens with zero attached hydrogens (tertiary/aromatic N) is 2. The first-order chi connectivity index (χ1) is 11.8. The summed E-state index contributed by atoms with van der Waals surface area (Å²) >= 11 is 0. The summed E-state index contributed by atoms with van der Waals surface area (Å²) in [5, 5.41) is 12.1. The number of anilines is 2. The van der Waals surface area contributed by atoms with E-state index >= 15 is 0 Å². The van der Waals surface area contributed by atoms with Crippen LogP contribution in [0.3, 0.4) is 0 Å². The maximum atomic E-state index is 12.4. The molecule has 0 unspecified atom stereocenters. The molecule has 2 aromatic rings. The van der Waals surface area contributed by atoms with Crippen molar-refractivity contribution < 1.29 is 9.90 Å². The molecule has 1 aromatic heterocycles. The molecule has 1 aliphatic heterocycles. The lowest BCUT2D eigenvalue weighted by Crippen LogP contribution is -2.23. The molecule has 1 saturated heterocycles. The van der Waals surface area contributed by atoms with Gasteiger partial charge in [0.25, 0.3) is 5.91 Å². The number of nitrogens with one attached hydrogen (secondary N) is 1. The number of aliphatic hydroxyl groups excluding tert-OH is 1. The molecule has 0 aliphatic carbocycles. The van der Waals surface area contributed by atoms with E-state index in [1.54, 1.807) is 18.5 Å². The van der Waals surface area contributed by atoms with Crippen LogP contribution in [0.5, 0.6) is 0 Å². The fraction of sp³-hybridized carbons (Fsp3) is 0.368. The summed E-state index contributed by atoms with van der Waals surface area (Å²) in [6.45, 7) is 2.04. The van der Waals surface area contributed by atoms with Gasteiger partial charge >= 0.3 is 0 Å². The molecule has 1 aliphatic rings. The molecule has 5 heteroatoms. The van der Waals surface area contributed by atoms with Crippen LogP contribution in [0.1, 0.15) is 41.6 Å². The summed E-state index contributed by atoms with van der Waals surface area (Å²) in [7, 11) is 0. The second-order valence-corrected chi connectivity index (χ2v) is 6.09. The molecule has 5 nitrogen and oxygen atoms in total. The Morgan fingerprint density at radius 2 is 1.79 bits per heavy atom. The number of aromatic nitrogens is 1. The number of carbonyl (C=O) groups is 1. The number of hydrogen-bond acceptors (Lipinski definition) is 4. The molecule has 24 heavy (non-hydrogen) atoms. The molecule has 2 heterocycles. The number of hydrogen-bond donors (Lipinski definition) is 2. The van der Waals surface area contributed by atoms with Crippen molar-refractivity contribution in [1.29, 1.82) is 0 Å². The van der Waals surface area contributed by atoms with Crippen molar-refractivity contribution in [2.75, 3.05) is 23.3 Å². The topological polar surface area (TPSA) is 65.5 Å². The van der Waals surface area contributed by atoms with E-state index < -0.39 is 0 Å². The van der Waals surface area contributed by atoms with Crippen molar-refractivity contribution >= 4 is 17.3 Å². The van der Waals surface area contributed by atoms with Gasteiger partial charge in [-0.1, -0.05) is 12.8 Å². The van der Waals surface area contributed by atoms with Crippen LogP contribution >= 0.6 is 0 Å². The van der Waals surface area contributed by atoms with Gasteiger partial charge in [-0.15, -0.1) is 0 Å². The molecule has 2 N–H and O–H groups in total. The highest BCUT2D eigenvalue weighted by molar-refractivity contribution is 6.04. The summed E-state index contributed by atoms with van der Waals surface area (Å²) in [5.74, 6) is -0.194. The van der Waals surface area contributed by atoms with Crippen LogP contribution in [0, 0.1) is 0 Å². The highest BCUT2D eigenvalue weighted by Crippen LogP contribution is 2.21. The van der Waals surface area contributed by atoms with E-state index in [-0.39, 0.29) is 12.5 Å². The number of rotatable bonds is 4. The quantitative estimate of drug-likeness (QED) is 0.906. The zero-order chi connectivity index (χ0) is 16.8. The average Bonchev–Trinajstić information content (AvgIpc) is 2.92. The summed E-state index contributed by atoms with van der Waals surface area (Å²) < 4.78 is 0. The summed E-state index contributed by atoms with van der Waals surface area (Å²) in [5.41, 5.74) is 2.97. The third-order valence-corrected chi connectivity index (χ3v) is 4.43. The van der Waals surface area contributed by atoms with Crippen LogP contribution < -0.4 is 10.2 Å². The molecular weight excluding hydrogens is 302 g/mol. The Bertz CT molecular complexity index is 677. The smallest absolute Gasteiger partial charge is 0.255 e. The van der Waals surface area contributed by atoms with Gasteiger partial charge in [-0.3, -0.25) is 9.78 Å². The Morgan fingerprint density at radius 1 is 1.08 bits per heavy atom. The fourth-order valence-electron chi connectivity index (χ4n) is 3.02. The third-order valence-electron chi connectivity index (χ3n) is 4.43. The van der Waals surface area contributed by atoms with Crippen molar-refractivity contribution in [2.24, 2.45) is 0 Å². The standard InChI is InChI=1S/C19H23N3O2/c23-14-16-9-10-20-13-18(16)21-19(24)15-5-7-17(8-6-15)22-11-3-1-2-4-12-22/h5-10,13,23H,1-4,11-12,14H2,(H,21,24). The molecule has 0 spiro atoms. The first-order valence-corrected chi connectivity index (χ1v) is 8.48. The van der Waals surface area contributed by atoms with E-state index in [0.29, 0.717) is 16.8 Å². The minimum Gasteiger partial charge on any atom is -0.392 e. The van der Waals surface area contributed by atoms with E-state index in [4.69, 9.17) is 0 Å². The first kappa shape index (κ1) is 16.5. The molecule has 1 aromatic carbocycles. The lowest BCUT2D eigenvalue weighted by molar-refractivity contribution is 0.102. The van der Waals surface area contributed by atoms with Gasteiger partial charge < -0.3 is 15.3 Å². The van der Waals surface area contributed by atoms with Crippen molar-refractivity contribution in [3.8, 4) is 0 Å². The maximum Gasteiger partial charge on any atom is 0.255 e. The van der Waals surface area contributed by atoms with E-state index in [1.165, 1.54) is 31.4 Å². The Kier molecular flexibility index (Phi) is 5.43. The van der Waals surface area contributed by atoms with Gasteiger partial charge in [-0.2, -0.15) is 0 Å². The predicted octanol–water partition coefficient (Wildman–Crippen LogP) is 3.21. The Morgan fingerprint density at radius 3 is 2.46 bits per heavy atom. The molecule has 0 bridgehead atoms. The van der Waals surface area contributed by atoms with E-state index in [9.17, 15) is 9.90 Å². The minimum atomic E-state index is -0.194. The van der Waals surface area contributed by atoms with Gasteiger partial charge in [0.1, 0.15) is 0 Å². The average molecular weight is 325 g/mol. The van der Waals surface area contributed by atoms with Crippen molar-refractivity contribution in [1.82, 2.24) is 4.98 Å². The second-order valence-electron chi connectivity index (χ2n) is 6.09. The van der Waals surface area contributed by atoms with Crippen LogP contribution in [-0.4, -0.2) is 29.1 Å². The SMILES string of the molecule is O=C(Nc1cnccc1CO)c1ccc(N2CCCCCC2)cc1. The summed E-state index contributed by atoms with van der Waals surface area (Å²) in [4.78, 5) is 18.8. The molecule has 0 atom stereocenters. The first-order valence-electron chi connectivity index (χ1n) is 8.48. The number of benzene rings is 1. The van der Waals surface area contributed by atoms with Gasteiger partial charge in [-0.25, -0.2) is 0 Å². The summed E-state index contributed by atoms with van der Waals surface area (Å²) in [6, 6.07) is 9.42. The highest BCUT2D eigenvalue weighted by Gasteiger charge is 2.12. The molecule has 1 fully saturated rings. The zero-order valence-electron chi connectivity index (χ0n) is 13.7. The van der Waals surface area contributed by atoms with Crippen molar-refractivity contribution in [3.63, 3.8) is 0 Å². The number of pyridine rings is 1. The third kappa shape index (κ3) is 3.92. The molecule has 126 valence electrons. The monoisotopic (exact) mass is 325 g/mol. The Labute approximate surface area is 142 Å². The second kappa shape index (κ2) is 7.93. The molecule has 1 amide bonds. The largest absolute Gasteiger partial charge is 0.392 e. The fourth-order valence-corrected chi connectivity index (χ4v) is 3.02. The molecule has 3 rings (SSSR count). The van der Waals surface area contributed by atoms with Gasteiger partial charge in [0.05, 0.1) is 18.5 Å². The predicted molar refractivity (Wildman–Crippen MR) is 95.2 cm³/mol. The number of aliphatic hydroxyl groups is 1. The number of carbonyl (C=O) groups excluding carboxylic acids is 1. The molecular formula is C19H23N3O2. The van der Waals surface area contributed by atoms with Crippen molar-refractivity contribution in [3.05, 3.63) is 53.9 Å². The van der Waals surface area contributed by atoms with Crippen LogP contribution in [0.15, 0.2) is 42.7 Å². The normalized spacial score (nSPS) is 15.0. The van der Waals surface area contributed by atoms with Crippen LogP contribution in [0.2, 0.25) is 0 Å². The lowest BCUT2D eigenvalue weighted by atomic mass is 10.1. The van der Waals surface area contributed by atoms with Crippen LogP contribution in [0.25, 0.3) is 0 Å². The number of amides is 1.